The zero-order valence-corrected chi connectivity index (χ0v) is 19.5. The van der Waals surface area contributed by atoms with Crippen molar-refractivity contribution in [3.63, 3.8) is 0 Å². The molecule has 164 valence electrons. The molecule has 0 radical (unpaired) electrons. The molecule has 1 N–H and O–H groups in total. The summed E-state index contributed by atoms with van der Waals surface area (Å²) in [6, 6.07) is 0. The quantitative estimate of drug-likeness (QED) is 0.567. The van der Waals surface area contributed by atoms with Gasteiger partial charge in [-0.25, -0.2) is 0 Å². The van der Waals surface area contributed by atoms with Crippen LogP contribution in [0, 0.1) is 46.3 Å². The summed E-state index contributed by atoms with van der Waals surface area (Å²) in [4.78, 5) is 13.4. The lowest BCUT2D eigenvalue weighted by molar-refractivity contribution is -0.135. The van der Waals surface area contributed by atoms with E-state index in [-0.39, 0.29) is 17.4 Å². The van der Waals surface area contributed by atoms with E-state index in [1.165, 1.54) is 50.5 Å². The monoisotopic (exact) mass is 400 g/mol. The van der Waals surface area contributed by atoms with Gasteiger partial charge in [0.2, 0.25) is 0 Å². The van der Waals surface area contributed by atoms with E-state index in [0.29, 0.717) is 23.0 Å². The molecule has 0 aliphatic heterocycles. The van der Waals surface area contributed by atoms with Crippen LogP contribution in [0.2, 0.25) is 0 Å². The molecule has 0 aromatic heterocycles. The molecule has 0 bridgehead atoms. The van der Waals surface area contributed by atoms with Crippen molar-refractivity contribution in [1.29, 1.82) is 0 Å². The zero-order valence-electron chi connectivity index (χ0n) is 19.5. The molecule has 0 amide bonds. The maximum atomic E-state index is 13.4. The number of hydrogen-bond donors (Lipinski definition) is 1. The second-order valence-corrected chi connectivity index (χ2v) is 12.2. The Morgan fingerprint density at radius 1 is 1.03 bits per heavy atom. The molecular weight excluding hydrogens is 356 g/mol. The smallest absolute Gasteiger partial charge is 0.159 e. The van der Waals surface area contributed by atoms with Crippen molar-refractivity contribution in [2.45, 2.75) is 105 Å². The van der Waals surface area contributed by atoms with Crippen molar-refractivity contribution < 1.29 is 9.90 Å². The molecule has 0 heterocycles. The molecule has 29 heavy (non-hydrogen) atoms. The maximum Gasteiger partial charge on any atom is 0.159 e. The minimum absolute atomic E-state index is 0.153. The Morgan fingerprint density at radius 2 is 1.79 bits per heavy atom. The van der Waals surface area contributed by atoms with Crippen LogP contribution in [0.25, 0.3) is 0 Å². The molecule has 6 unspecified atom stereocenters. The van der Waals surface area contributed by atoms with Gasteiger partial charge in [-0.15, -0.1) is 0 Å². The minimum atomic E-state index is -0.241. The Hall–Kier alpha value is -0.630. The van der Waals surface area contributed by atoms with Crippen LogP contribution >= 0.6 is 0 Å². The summed E-state index contributed by atoms with van der Waals surface area (Å²) in [6.07, 6.45) is 13.6. The standard InChI is InChI=1S/C27H44O2/c1-17(2)7-6-8-18(3)21-9-10-22-25-23(12-14-27(21,22)5)26(4)13-11-20(28)15-19(26)16-24(25)29/h16-18,20-23,25,28H,6-15H2,1-5H3/t18?,20?,21?,22?,23?,25?,26-,27+/m1/s1. The average Bonchev–Trinajstić information content (AvgIpc) is 3.00. The Kier molecular flexibility index (Phi) is 5.82. The van der Waals surface area contributed by atoms with Gasteiger partial charge < -0.3 is 5.11 Å². The van der Waals surface area contributed by atoms with E-state index < -0.39 is 0 Å². The van der Waals surface area contributed by atoms with E-state index in [9.17, 15) is 9.90 Å². The summed E-state index contributed by atoms with van der Waals surface area (Å²) in [6.45, 7) is 12.1. The predicted octanol–water partition coefficient (Wildman–Crippen LogP) is 6.57. The molecular formula is C27H44O2. The fraction of sp³-hybridized carbons (Fsp3) is 0.889. The molecule has 0 aromatic carbocycles. The molecule has 2 nitrogen and oxygen atoms in total. The molecule has 4 rings (SSSR count). The lowest BCUT2D eigenvalue weighted by Gasteiger charge is -2.57. The van der Waals surface area contributed by atoms with Gasteiger partial charge in [0, 0.05) is 5.92 Å². The highest BCUT2D eigenvalue weighted by Crippen LogP contribution is 2.66. The minimum Gasteiger partial charge on any atom is -0.393 e. The Balaban J connectivity index is 1.54. The van der Waals surface area contributed by atoms with Crippen LogP contribution in [-0.4, -0.2) is 17.0 Å². The highest BCUT2D eigenvalue weighted by molar-refractivity contribution is 5.94. The molecule has 4 aliphatic carbocycles. The van der Waals surface area contributed by atoms with E-state index in [1.54, 1.807) is 0 Å². The van der Waals surface area contributed by atoms with Crippen molar-refractivity contribution in [2.75, 3.05) is 0 Å². The topological polar surface area (TPSA) is 37.3 Å². The van der Waals surface area contributed by atoms with E-state index in [0.717, 1.165) is 37.0 Å². The Morgan fingerprint density at radius 3 is 2.52 bits per heavy atom. The van der Waals surface area contributed by atoms with Crippen LogP contribution in [0.4, 0.5) is 0 Å². The molecule has 2 heteroatoms. The third-order valence-corrected chi connectivity index (χ3v) is 10.1. The first-order chi connectivity index (χ1) is 13.7. The Bertz CT molecular complexity index is 663. The highest BCUT2D eigenvalue weighted by atomic mass is 16.3. The third-order valence-electron chi connectivity index (χ3n) is 10.1. The fourth-order valence-corrected chi connectivity index (χ4v) is 8.41. The lowest BCUT2D eigenvalue weighted by Crippen LogP contribution is -2.53. The van der Waals surface area contributed by atoms with Crippen LogP contribution in [0.5, 0.6) is 0 Å². The summed E-state index contributed by atoms with van der Waals surface area (Å²) in [5, 5.41) is 10.2. The van der Waals surface area contributed by atoms with Crippen molar-refractivity contribution >= 4 is 5.78 Å². The predicted molar refractivity (Wildman–Crippen MR) is 119 cm³/mol. The number of allylic oxidation sites excluding steroid dienone is 1. The molecule has 0 saturated heterocycles. The largest absolute Gasteiger partial charge is 0.393 e. The van der Waals surface area contributed by atoms with E-state index in [1.807, 2.05) is 6.08 Å². The fourth-order valence-electron chi connectivity index (χ4n) is 8.41. The second-order valence-electron chi connectivity index (χ2n) is 12.2. The molecule has 0 aromatic rings. The summed E-state index contributed by atoms with van der Waals surface area (Å²) in [7, 11) is 0. The first-order valence-electron chi connectivity index (χ1n) is 12.6. The van der Waals surface area contributed by atoms with Crippen LogP contribution < -0.4 is 0 Å². The molecule has 0 spiro atoms. The first kappa shape index (κ1) is 21.6. The van der Waals surface area contributed by atoms with E-state index in [2.05, 4.69) is 34.6 Å². The zero-order chi connectivity index (χ0) is 21.0. The maximum absolute atomic E-state index is 13.4. The van der Waals surface area contributed by atoms with Crippen molar-refractivity contribution in [3.05, 3.63) is 11.6 Å². The lowest BCUT2D eigenvalue weighted by atomic mass is 9.46. The number of fused-ring (bicyclic) bond motifs is 5. The van der Waals surface area contributed by atoms with Crippen LogP contribution in [-0.2, 0) is 4.79 Å². The first-order valence-corrected chi connectivity index (χ1v) is 12.6. The van der Waals surface area contributed by atoms with Crippen molar-refractivity contribution in [2.24, 2.45) is 46.3 Å². The van der Waals surface area contributed by atoms with Gasteiger partial charge in [0.1, 0.15) is 0 Å². The average molecular weight is 401 g/mol. The van der Waals surface area contributed by atoms with Gasteiger partial charge in [0.05, 0.1) is 6.10 Å². The number of ketones is 1. The van der Waals surface area contributed by atoms with Gasteiger partial charge in [-0.1, -0.05) is 59.5 Å². The summed E-state index contributed by atoms with van der Waals surface area (Å²) < 4.78 is 0. The molecule has 8 atom stereocenters. The van der Waals surface area contributed by atoms with E-state index in [4.69, 9.17) is 0 Å². The van der Waals surface area contributed by atoms with Gasteiger partial charge in [0.15, 0.2) is 5.78 Å². The number of carbonyl (C=O) groups excluding carboxylic acids is 1. The third kappa shape index (κ3) is 3.56. The van der Waals surface area contributed by atoms with Gasteiger partial charge in [-0.2, -0.15) is 0 Å². The normalized spacial score (nSPS) is 45.4. The van der Waals surface area contributed by atoms with E-state index >= 15 is 0 Å². The van der Waals surface area contributed by atoms with Gasteiger partial charge >= 0.3 is 0 Å². The summed E-state index contributed by atoms with van der Waals surface area (Å²) >= 11 is 0. The van der Waals surface area contributed by atoms with Crippen LogP contribution in [0.1, 0.15) is 98.8 Å². The molecule has 4 aliphatic rings. The van der Waals surface area contributed by atoms with Gasteiger partial charge in [-0.05, 0) is 91.4 Å². The summed E-state index contributed by atoms with van der Waals surface area (Å²) in [5.74, 6) is 4.11. The highest BCUT2D eigenvalue weighted by Gasteiger charge is 2.61. The van der Waals surface area contributed by atoms with Crippen LogP contribution in [0.3, 0.4) is 0 Å². The molecule has 3 fully saturated rings. The van der Waals surface area contributed by atoms with Crippen molar-refractivity contribution in [1.82, 2.24) is 0 Å². The number of carbonyl (C=O) groups is 1. The number of rotatable bonds is 5. The van der Waals surface area contributed by atoms with Crippen LogP contribution in [0.15, 0.2) is 11.6 Å². The van der Waals surface area contributed by atoms with Gasteiger partial charge in [0.25, 0.3) is 0 Å². The molecule has 3 saturated carbocycles. The number of aliphatic hydroxyl groups excluding tert-OH is 1. The number of aliphatic hydroxyl groups is 1. The SMILES string of the molecule is CC(C)CCCC(C)C1CCC2C3C(=O)C=C4CC(O)CC[C@@]4(C)C3CC[C@@]12C. The summed E-state index contributed by atoms with van der Waals surface area (Å²) in [5.41, 5.74) is 1.77. The number of hydrogen-bond acceptors (Lipinski definition) is 2. The van der Waals surface area contributed by atoms with Crippen molar-refractivity contribution in [3.8, 4) is 0 Å². The second kappa shape index (κ2) is 7.81. The Labute approximate surface area is 178 Å². The van der Waals surface area contributed by atoms with Gasteiger partial charge in [-0.3, -0.25) is 4.79 Å².